The van der Waals surface area contributed by atoms with Crippen molar-refractivity contribution >= 4 is 0 Å². The molecule has 4 atom stereocenters. The summed E-state index contributed by atoms with van der Waals surface area (Å²) in [4.78, 5) is 2.33. The molecule has 0 spiro atoms. The van der Waals surface area contributed by atoms with Gasteiger partial charge in [-0.25, -0.2) is 0 Å². The number of rotatable bonds is 3. The van der Waals surface area contributed by atoms with Crippen molar-refractivity contribution in [3.05, 3.63) is 11.6 Å². The topological polar surface area (TPSA) is 43.7 Å². The first kappa shape index (κ1) is 14.0. The molecule has 0 aromatic carbocycles. The van der Waals surface area contributed by atoms with Crippen LogP contribution in [0.1, 0.15) is 46.5 Å². The fraction of sp³-hybridized carbons (Fsp3) is 0.867. The molecule has 2 rings (SSSR count). The van der Waals surface area contributed by atoms with E-state index in [1.54, 1.807) is 6.92 Å². The molecule has 2 N–H and O–H groups in total. The van der Waals surface area contributed by atoms with E-state index >= 15 is 0 Å². The Bertz CT molecular complexity index is 324. The fourth-order valence-electron chi connectivity index (χ4n) is 3.60. The van der Waals surface area contributed by atoms with Crippen molar-refractivity contribution in [1.82, 2.24) is 4.90 Å². The van der Waals surface area contributed by atoms with Crippen LogP contribution in [0, 0.1) is 5.92 Å². The summed E-state index contributed by atoms with van der Waals surface area (Å²) < 4.78 is 0. The quantitative estimate of drug-likeness (QED) is 0.756. The molecule has 104 valence electrons. The van der Waals surface area contributed by atoms with E-state index in [1.807, 2.05) is 0 Å². The van der Waals surface area contributed by atoms with Gasteiger partial charge in [-0.2, -0.15) is 0 Å². The molecule has 0 amide bonds. The summed E-state index contributed by atoms with van der Waals surface area (Å²) in [6.45, 7) is 8.04. The Kier molecular flexibility index (Phi) is 4.15. The predicted molar refractivity (Wildman–Crippen MR) is 73.4 cm³/mol. The molecular formula is C15H27NO2. The van der Waals surface area contributed by atoms with Crippen molar-refractivity contribution in [2.45, 2.75) is 64.2 Å². The summed E-state index contributed by atoms with van der Waals surface area (Å²) in [6.07, 6.45) is 5.91. The summed E-state index contributed by atoms with van der Waals surface area (Å²) in [7, 11) is 0. The van der Waals surface area contributed by atoms with Crippen LogP contribution >= 0.6 is 0 Å². The summed E-state index contributed by atoms with van der Waals surface area (Å²) in [5.41, 5.74) is 0.0195. The zero-order valence-electron chi connectivity index (χ0n) is 11.9. The van der Waals surface area contributed by atoms with E-state index in [4.69, 9.17) is 0 Å². The monoisotopic (exact) mass is 253 g/mol. The average molecular weight is 253 g/mol. The molecular weight excluding hydrogens is 226 g/mol. The van der Waals surface area contributed by atoms with Crippen molar-refractivity contribution in [3.8, 4) is 0 Å². The first-order valence-electron chi connectivity index (χ1n) is 7.32. The number of nitrogens with zero attached hydrogens (tertiary/aromatic N) is 1. The molecule has 2 saturated heterocycles. The smallest absolute Gasteiger partial charge is 0.107 e. The van der Waals surface area contributed by atoms with Crippen molar-refractivity contribution in [2.75, 3.05) is 13.1 Å². The van der Waals surface area contributed by atoms with E-state index in [1.165, 1.54) is 0 Å². The number of piperidine rings is 1. The third-order valence-electron chi connectivity index (χ3n) is 4.57. The molecule has 2 fully saturated rings. The van der Waals surface area contributed by atoms with Crippen molar-refractivity contribution < 1.29 is 10.2 Å². The van der Waals surface area contributed by atoms with Gasteiger partial charge in [-0.05, 0) is 44.2 Å². The maximum Gasteiger partial charge on any atom is 0.107 e. The summed E-state index contributed by atoms with van der Waals surface area (Å²) >= 11 is 0. The van der Waals surface area contributed by atoms with E-state index in [2.05, 4.69) is 24.8 Å². The Balaban J connectivity index is 2.17. The van der Waals surface area contributed by atoms with Crippen LogP contribution in [0.2, 0.25) is 0 Å². The van der Waals surface area contributed by atoms with Crippen molar-refractivity contribution in [1.29, 1.82) is 0 Å². The minimum Gasteiger partial charge on any atom is -0.386 e. The average Bonchev–Trinajstić information content (AvgIpc) is 2.75. The van der Waals surface area contributed by atoms with Crippen molar-refractivity contribution in [3.63, 3.8) is 0 Å². The highest BCUT2D eigenvalue weighted by atomic mass is 16.3. The number of aliphatic hydroxyl groups excluding tert-OH is 1. The van der Waals surface area contributed by atoms with Crippen LogP contribution in [0.3, 0.4) is 0 Å². The van der Waals surface area contributed by atoms with Gasteiger partial charge in [0.1, 0.15) is 11.7 Å². The second-order valence-corrected chi connectivity index (χ2v) is 6.26. The highest BCUT2D eigenvalue weighted by molar-refractivity contribution is 5.23. The largest absolute Gasteiger partial charge is 0.386 e. The van der Waals surface area contributed by atoms with Gasteiger partial charge in [0.15, 0.2) is 0 Å². The third kappa shape index (κ3) is 2.49. The first-order chi connectivity index (χ1) is 8.46. The van der Waals surface area contributed by atoms with Gasteiger partial charge in [0.05, 0.1) is 0 Å². The summed E-state index contributed by atoms with van der Waals surface area (Å²) in [6, 6.07) is 0.131. The van der Waals surface area contributed by atoms with Gasteiger partial charge in [-0.3, -0.25) is 4.90 Å². The van der Waals surface area contributed by atoms with Gasteiger partial charge in [-0.15, -0.1) is 0 Å². The molecule has 3 nitrogen and oxygen atoms in total. The Morgan fingerprint density at radius 3 is 2.94 bits per heavy atom. The van der Waals surface area contributed by atoms with E-state index in [9.17, 15) is 10.2 Å². The molecule has 0 aliphatic carbocycles. The van der Waals surface area contributed by atoms with Crippen LogP contribution in [0.4, 0.5) is 0 Å². The van der Waals surface area contributed by atoms with Crippen molar-refractivity contribution in [2.24, 2.45) is 5.92 Å². The van der Waals surface area contributed by atoms with Gasteiger partial charge in [0.25, 0.3) is 0 Å². The lowest BCUT2D eigenvalue weighted by atomic mass is 9.80. The highest BCUT2D eigenvalue weighted by Crippen LogP contribution is 2.37. The van der Waals surface area contributed by atoms with E-state index in [0.29, 0.717) is 5.92 Å². The van der Waals surface area contributed by atoms with Crippen LogP contribution in [0.5, 0.6) is 0 Å². The molecule has 3 heteroatoms. The highest BCUT2D eigenvalue weighted by Gasteiger charge is 2.49. The van der Waals surface area contributed by atoms with E-state index in [-0.39, 0.29) is 6.04 Å². The standard InChI is InChI=1S/C15H27NO2/c1-4-6-11(2)9-12-10-16-8-5-7-13(16)15(3,18)14(12)17/h9,11,13-14,17-18H,4-8,10H2,1-3H3/b12-9+/t11-,13+,14-,15-/m1/s1. The first-order valence-corrected chi connectivity index (χ1v) is 7.32. The number of fused-ring (bicyclic) bond motifs is 1. The normalized spacial score (nSPS) is 41.1. The fourth-order valence-corrected chi connectivity index (χ4v) is 3.60. The maximum absolute atomic E-state index is 10.6. The van der Waals surface area contributed by atoms with Crippen LogP contribution in [0.25, 0.3) is 0 Å². The lowest BCUT2D eigenvalue weighted by molar-refractivity contribution is -0.110. The number of hydrogen-bond donors (Lipinski definition) is 2. The Hall–Kier alpha value is -0.380. The number of aliphatic hydroxyl groups is 2. The van der Waals surface area contributed by atoms with Crippen LogP contribution < -0.4 is 0 Å². The summed E-state index contributed by atoms with van der Waals surface area (Å²) in [5.74, 6) is 0.481. The van der Waals surface area contributed by atoms with Gasteiger partial charge < -0.3 is 10.2 Å². The van der Waals surface area contributed by atoms with Gasteiger partial charge in [-0.1, -0.05) is 26.3 Å². The molecule has 0 saturated carbocycles. The molecule has 2 heterocycles. The lowest BCUT2D eigenvalue weighted by Crippen LogP contribution is -2.61. The number of hydrogen-bond acceptors (Lipinski definition) is 3. The molecule has 0 unspecified atom stereocenters. The lowest BCUT2D eigenvalue weighted by Gasteiger charge is -2.46. The van der Waals surface area contributed by atoms with Crippen LogP contribution in [0.15, 0.2) is 11.6 Å². The summed E-state index contributed by atoms with van der Waals surface area (Å²) in [5, 5.41) is 21.0. The Labute approximate surface area is 110 Å². The van der Waals surface area contributed by atoms with E-state index < -0.39 is 11.7 Å². The second kappa shape index (κ2) is 5.32. The van der Waals surface area contributed by atoms with Gasteiger partial charge in [0.2, 0.25) is 0 Å². The minimum atomic E-state index is -0.994. The van der Waals surface area contributed by atoms with Crippen LogP contribution in [-0.2, 0) is 0 Å². The second-order valence-electron chi connectivity index (χ2n) is 6.26. The SMILES string of the molecule is CCC[C@@H](C)/C=C1\CN2CCC[C@H]2[C@@](C)(O)[C@@H]1O. The van der Waals surface area contributed by atoms with Gasteiger partial charge in [0, 0.05) is 12.6 Å². The Morgan fingerprint density at radius 2 is 2.28 bits per heavy atom. The molecule has 0 bridgehead atoms. The Morgan fingerprint density at radius 1 is 1.56 bits per heavy atom. The van der Waals surface area contributed by atoms with E-state index in [0.717, 1.165) is 44.3 Å². The molecule has 0 aromatic rings. The maximum atomic E-state index is 10.6. The number of allylic oxidation sites excluding steroid dienone is 1. The molecule has 18 heavy (non-hydrogen) atoms. The zero-order valence-corrected chi connectivity index (χ0v) is 11.9. The minimum absolute atomic E-state index is 0.131. The van der Waals surface area contributed by atoms with Crippen LogP contribution in [-0.4, -0.2) is 45.9 Å². The van der Waals surface area contributed by atoms with Gasteiger partial charge >= 0.3 is 0 Å². The molecule has 0 radical (unpaired) electrons. The molecule has 0 aromatic heterocycles. The molecule has 2 aliphatic heterocycles. The zero-order chi connectivity index (χ0) is 13.3. The molecule has 2 aliphatic rings. The predicted octanol–water partition coefficient (Wildman–Crippen LogP) is 1.94. The third-order valence-corrected chi connectivity index (χ3v) is 4.57.